The van der Waals surface area contributed by atoms with E-state index >= 15 is 0 Å². The third-order valence-electron chi connectivity index (χ3n) is 5.32. The van der Waals surface area contributed by atoms with Gasteiger partial charge in [-0.05, 0) is 60.2 Å². The molecule has 0 saturated carbocycles. The minimum atomic E-state index is -0.404. The highest BCUT2D eigenvalue weighted by Crippen LogP contribution is 2.25. The molecule has 2 N–H and O–H groups in total. The van der Waals surface area contributed by atoms with Crippen LogP contribution in [-0.4, -0.2) is 11.8 Å². The molecule has 0 radical (unpaired) electrons. The average Bonchev–Trinajstić information content (AvgIpc) is 3.22. The van der Waals surface area contributed by atoms with Crippen LogP contribution in [0.5, 0.6) is 0 Å². The van der Waals surface area contributed by atoms with Crippen LogP contribution in [0.15, 0.2) is 78.9 Å². The van der Waals surface area contributed by atoms with Gasteiger partial charge in [0.2, 0.25) is 5.91 Å². The van der Waals surface area contributed by atoms with E-state index in [0.29, 0.717) is 5.56 Å². The van der Waals surface area contributed by atoms with E-state index in [-0.39, 0.29) is 18.2 Å². The van der Waals surface area contributed by atoms with Crippen molar-refractivity contribution in [1.82, 2.24) is 5.32 Å². The van der Waals surface area contributed by atoms with Gasteiger partial charge in [0, 0.05) is 11.3 Å². The van der Waals surface area contributed by atoms with Crippen LogP contribution in [0.4, 0.5) is 5.69 Å². The first-order valence-corrected chi connectivity index (χ1v) is 10.0. The van der Waals surface area contributed by atoms with Gasteiger partial charge in [-0.15, -0.1) is 0 Å². The summed E-state index contributed by atoms with van der Waals surface area (Å²) >= 11 is 0. The summed E-state index contributed by atoms with van der Waals surface area (Å²) < 4.78 is 0. The lowest BCUT2D eigenvalue weighted by Gasteiger charge is -2.19. The van der Waals surface area contributed by atoms with Gasteiger partial charge >= 0.3 is 0 Å². The number of hydrogen-bond donors (Lipinski definition) is 2. The van der Waals surface area contributed by atoms with E-state index < -0.39 is 6.04 Å². The Labute approximate surface area is 171 Å². The van der Waals surface area contributed by atoms with Crippen molar-refractivity contribution < 1.29 is 9.59 Å². The molecule has 0 fully saturated rings. The lowest BCUT2D eigenvalue weighted by Crippen LogP contribution is -2.31. The maximum atomic E-state index is 12.8. The van der Waals surface area contributed by atoms with Crippen molar-refractivity contribution in [3.8, 4) is 0 Å². The largest absolute Gasteiger partial charge is 0.345 e. The van der Waals surface area contributed by atoms with Crippen molar-refractivity contribution >= 4 is 17.5 Å². The summed E-state index contributed by atoms with van der Waals surface area (Å²) in [6, 6.07) is 24.4. The van der Waals surface area contributed by atoms with Crippen molar-refractivity contribution in [2.75, 3.05) is 5.32 Å². The second-order valence-electron chi connectivity index (χ2n) is 7.39. The van der Waals surface area contributed by atoms with E-state index in [9.17, 15) is 9.59 Å². The smallest absolute Gasteiger partial charge is 0.251 e. The predicted octanol–water partition coefficient (Wildman–Crippen LogP) is 4.68. The van der Waals surface area contributed by atoms with Crippen LogP contribution in [0.1, 0.15) is 45.9 Å². The second-order valence-corrected chi connectivity index (χ2v) is 7.39. The molecule has 1 aliphatic rings. The molecular weight excluding hydrogens is 360 g/mol. The summed E-state index contributed by atoms with van der Waals surface area (Å²) in [6.07, 6.45) is 3.53. The highest BCUT2D eigenvalue weighted by Gasteiger charge is 2.20. The first-order valence-electron chi connectivity index (χ1n) is 10.0. The van der Waals surface area contributed by atoms with Gasteiger partial charge in [-0.1, -0.05) is 54.6 Å². The molecule has 1 aliphatic carbocycles. The molecular formula is C25H24N2O2. The molecule has 0 heterocycles. The van der Waals surface area contributed by atoms with E-state index in [1.54, 1.807) is 12.1 Å². The fraction of sp³-hybridized carbons (Fsp3) is 0.200. The Kier molecular flexibility index (Phi) is 5.71. The van der Waals surface area contributed by atoms with Crippen molar-refractivity contribution in [3.63, 3.8) is 0 Å². The molecule has 4 nitrogen and oxygen atoms in total. The van der Waals surface area contributed by atoms with Gasteiger partial charge in [-0.25, -0.2) is 0 Å². The van der Waals surface area contributed by atoms with Gasteiger partial charge in [0.15, 0.2) is 0 Å². The molecule has 2 amide bonds. The van der Waals surface area contributed by atoms with Crippen LogP contribution in [0.2, 0.25) is 0 Å². The Morgan fingerprint density at radius 3 is 2.28 bits per heavy atom. The number of aryl methyl sites for hydroxylation is 2. The Morgan fingerprint density at radius 1 is 0.828 bits per heavy atom. The van der Waals surface area contributed by atoms with Crippen molar-refractivity contribution in [1.29, 1.82) is 0 Å². The SMILES string of the molecule is O=C(CC(NC(=O)c1ccccc1)c1ccccc1)Nc1ccc2c(c1)CCC2. The van der Waals surface area contributed by atoms with Gasteiger partial charge in [0.05, 0.1) is 12.5 Å². The number of carbonyl (C=O) groups is 2. The molecule has 3 aromatic rings. The van der Waals surface area contributed by atoms with E-state index in [2.05, 4.69) is 22.8 Å². The molecule has 0 aromatic heterocycles. The van der Waals surface area contributed by atoms with Crippen LogP contribution in [0, 0.1) is 0 Å². The van der Waals surface area contributed by atoms with E-state index in [1.807, 2.05) is 54.6 Å². The highest BCUT2D eigenvalue weighted by molar-refractivity contribution is 5.95. The Balaban J connectivity index is 1.47. The third kappa shape index (κ3) is 4.72. The number of rotatable bonds is 6. The lowest BCUT2D eigenvalue weighted by atomic mass is 10.0. The lowest BCUT2D eigenvalue weighted by molar-refractivity contribution is -0.116. The molecule has 3 aromatic carbocycles. The van der Waals surface area contributed by atoms with Gasteiger partial charge < -0.3 is 10.6 Å². The zero-order valence-corrected chi connectivity index (χ0v) is 16.2. The topological polar surface area (TPSA) is 58.2 Å². The minimum Gasteiger partial charge on any atom is -0.345 e. The molecule has 0 aliphatic heterocycles. The maximum absolute atomic E-state index is 12.8. The summed E-state index contributed by atoms with van der Waals surface area (Å²) in [5.74, 6) is -0.310. The fourth-order valence-electron chi connectivity index (χ4n) is 3.82. The van der Waals surface area contributed by atoms with Gasteiger partial charge in [0.1, 0.15) is 0 Å². The first-order chi connectivity index (χ1) is 14.2. The molecule has 1 unspecified atom stereocenters. The third-order valence-corrected chi connectivity index (χ3v) is 5.32. The highest BCUT2D eigenvalue weighted by atomic mass is 16.2. The van der Waals surface area contributed by atoms with Crippen LogP contribution in [0.3, 0.4) is 0 Å². The first kappa shape index (κ1) is 18.9. The number of fused-ring (bicyclic) bond motifs is 1. The molecule has 1 atom stereocenters. The average molecular weight is 384 g/mol. The predicted molar refractivity (Wildman–Crippen MR) is 115 cm³/mol. The Hall–Kier alpha value is -3.40. The summed E-state index contributed by atoms with van der Waals surface area (Å²) in [4.78, 5) is 25.4. The van der Waals surface area contributed by atoms with Crippen molar-refractivity contribution in [2.45, 2.75) is 31.7 Å². The molecule has 0 saturated heterocycles. The zero-order valence-electron chi connectivity index (χ0n) is 16.2. The standard InChI is InChI=1S/C25H24N2O2/c28-24(26-22-15-14-18-12-7-13-21(18)16-22)17-23(19-8-3-1-4-9-19)27-25(29)20-10-5-2-6-11-20/h1-6,8-11,14-16,23H,7,12-13,17H2,(H,26,28)(H,27,29). The number of benzene rings is 3. The molecule has 4 rings (SSSR count). The summed E-state index contributed by atoms with van der Waals surface area (Å²) in [6.45, 7) is 0. The summed E-state index contributed by atoms with van der Waals surface area (Å²) in [7, 11) is 0. The molecule has 0 spiro atoms. The summed E-state index contributed by atoms with van der Waals surface area (Å²) in [5.41, 5.74) is 4.99. The van der Waals surface area contributed by atoms with Crippen molar-refractivity contribution in [3.05, 3.63) is 101 Å². The molecule has 4 heteroatoms. The van der Waals surface area contributed by atoms with Crippen LogP contribution < -0.4 is 10.6 Å². The number of anilines is 1. The van der Waals surface area contributed by atoms with E-state index in [0.717, 1.165) is 24.1 Å². The molecule has 0 bridgehead atoms. The van der Waals surface area contributed by atoms with Gasteiger partial charge in [-0.3, -0.25) is 9.59 Å². The van der Waals surface area contributed by atoms with Gasteiger partial charge in [-0.2, -0.15) is 0 Å². The second kappa shape index (κ2) is 8.74. The fourth-order valence-corrected chi connectivity index (χ4v) is 3.82. The minimum absolute atomic E-state index is 0.120. The van der Waals surface area contributed by atoms with E-state index in [1.165, 1.54) is 17.5 Å². The van der Waals surface area contributed by atoms with Gasteiger partial charge in [0.25, 0.3) is 5.91 Å². The normalized spacial score (nSPS) is 13.4. The quantitative estimate of drug-likeness (QED) is 0.649. The Bertz CT molecular complexity index is 1000. The maximum Gasteiger partial charge on any atom is 0.251 e. The molecule has 146 valence electrons. The van der Waals surface area contributed by atoms with Crippen LogP contribution in [0.25, 0.3) is 0 Å². The van der Waals surface area contributed by atoms with E-state index in [4.69, 9.17) is 0 Å². The van der Waals surface area contributed by atoms with Crippen LogP contribution >= 0.6 is 0 Å². The van der Waals surface area contributed by atoms with Crippen LogP contribution in [-0.2, 0) is 17.6 Å². The Morgan fingerprint density at radius 2 is 1.52 bits per heavy atom. The number of carbonyl (C=O) groups excluding carboxylic acids is 2. The molecule has 29 heavy (non-hydrogen) atoms. The monoisotopic (exact) mass is 384 g/mol. The number of nitrogens with one attached hydrogen (secondary N) is 2. The number of hydrogen-bond acceptors (Lipinski definition) is 2. The number of amides is 2. The summed E-state index contributed by atoms with van der Waals surface area (Å²) in [5, 5.41) is 6.00. The van der Waals surface area contributed by atoms with Crippen molar-refractivity contribution in [2.24, 2.45) is 0 Å². The zero-order chi connectivity index (χ0) is 20.1.